The van der Waals surface area contributed by atoms with Gasteiger partial charge in [-0.05, 0) is 35.9 Å². The molecule has 0 spiro atoms. The van der Waals surface area contributed by atoms with Crippen molar-refractivity contribution in [2.24, 2.45) is 0 Å². The summed E-state index contributed by atoms with van der Waals surface area (Å²) < 4.78 is 18.9. The minimum atomic E-state index is -0.728. The predicted octanol–water partition coefficient (Wildman–Crippen LogP) is 2.06. The van der Waals surface area contributed by atoms with Crippen LogP contribution in [0.1, 0.15) is 0 Å². The Morgan fingerprint density at radius 2 is 2.00 bits per heavy atom. The maximum atomic E-state index is 13.1. The summed E-state index contributed by atoms with van der Waals surface area (Å²) in [6.07, 6.45) is 0. The first-order valence-electron chi connectivity index (χ1n) is 5.26. The van der Waals surface area contributed by atoms with Gasteiger partial charge in [0.1, 0.15) is 5.82 Å². The van der Waals surface area contributed by atoms with Crippen LogP contribution in [0.25, 0.3) is 16.8 Å². The highest BCUT2D eigenvalue weighted by atomic mass is 35.5. The number of aromatic amines is 1. The standard InChI is InChI=1S/C12H6ClFN2O3/c13-9-3-4-10(19-9)16-11(17)7-2-1-6(14)5-8(7)15-12(16)18/h1-5H,(H,15,18). The normalized spacial score (nSPS) is 11.1. The zero-order chi connectivity index (χ0) is 13.6. The number of hydrogen-bond acceptors (Lipinski definition) is 3. The number of fused-ring (bicyclic) bond motifs is 1. The Labute approximate surface area is 109 Å². The predicted molar refractivity (Wildman–Crippen MR) is 67.4 cm³/mol. The Morgan fingerprint density at radius 1 is 1.21 bits per heavy atom. The van der Waals surface area contributed by atoms with E-state index in [0.29, 0.717) is 0 Å². The van der Waals surface area contributed by atoms with E-state index >= 15 is 0 Å². The molecule has 19 heavy (non-hydrogen) atoms. The van der Waals surface area contributed by atoms with Crippen molar-refractivity contribution >= 4 is 22.5 Å². The second-order valence-corrected chi connectivity index (χ2v) is 4.21. The van der Waals surface area contributed by atoms with Crippen LogP contribution >= 0.6 is 11.6 Å². The van der Waals surface area contributed by atoms with Crippen molar-refractivity contribution in [3.05, 3.63) is 62.2 Å². The first-order chi connectivity index (χ1) is 9.06. The minimum absolute atomic E-state index is 0.00229. The van der Waals surface area contributed by atoms with Gasteiger partial charge >= 0.3 is 5.69 Å². The molecule has 0 bridgehead atoms. The quantitative estimate of drug-likeness (QED) is 0.742. The zero-order valence-electron chi connectivity index (χ0n) is 9.31. The summed E-state index contributed by atoms with van der Waals surface area (Å²) in [4.78, 5) is 26.5. The van der Waals surface area contributed by atoms with Gasteiger partial charge in [-0.1, -0.05) is 0 Å². The molecular formula is C12H6ClFN2O3. The van der Waals surface area contributed by atoms with Gasteiger partial charge < -0.3 is 9.40 Å². The van der Waals surface area contributed by atoms with E-state index in [4.69, 9.17) is 16.0 Å². The molecule has 5 nitrogen and oxygen atoms in total. The summed E-state index contributed by atoms with van der Waals surface area (Å²) in [5.74, 6) is -0.538. The molecule has 96 valence electrons. The van der Waals surface area contributed by atoms with Gasteiger partial charge in [-0.2, -0.15) is 4.57 Å². The molecule has 2 heterocycles. The molecule has 3 rings (SSSR count). The van der Waals surface area contributed by atoms with Crippen molar-refractivity contribution < 1.29 is 8.81 Å². The van der Waals surface area contributed by atoms with Gasteiger partial charge in [0.05, 0.1) is 10.9 Å². The van der Waals surface area contributed by atoms with E-state index in [0.717, 1.165) is 16.7 Å². The minimum Gasteiger partial charge on any atom is -0.428 e. The summed E-state index contributed by atoms with van der Waals surface area (Å²) in [7, 11) is 0. The van der Waals surface area contributed by atoms with Crippen LogP contribution in [-0.2, 0) is 0 Å². The molecule has 3 aromatic rings. The monoisotopic (exact) mass is 280 g/mol. The van der Waals surface area contributed by atoms with Crippen LogP contribution in [0.3, 0.4) is 0 Å². The molecule has 0 radical (unpaired) electrons. The maximum absolute atomic E-state index is 13.1. The topological polar surface area (TPSA) is 68.0 Å². The fraction of sp³-hybridized carbons (Fsp3) is 0. The summed E-state index contributed by atoms with van der Waals surface area (Å²) in [5, 5.41) is 0.231. The molecule has 2 aromatic heterocycles. The average molecular weight is 281 g/mol. The van der Waals surface area contributed by atoms with Crippen molar-refractivity contribution in [2.45, 2.75) is 0 Å². The summed E-state index contributed by atoms with van der Waals surface area (Å²) in [6.45, 7) is 0. The lowest BCUT2D eigenvalue weighted by Crippen LogP contribution is -2.33. The molecule has 7 heteroatoms. The van der Waals surface area contributed by atoms with E-state index in [-0.39, 0.29) is 22.0 Å². The van der Waals surface area contributed by atoms with E-state index in [1.54, 1.807) is 0 Å². The Morgan fingerprint density at radius 3 is 2.68 bits per heavy atom. The van der Waals surface area contributed by atoms with Crippen molar-refractivity contribution in [1.82, 2.24) is 9.55 Å². The van der Waals surface area contributed by atoms with E-state index in [1.807, 2.05) is 0 Å². The lowest BCUT2D eigenvalue weighted by molar-refractivity contribution is 0.529. The fourth-order valence-corrected chi connectivity index (χ4v) is 1.96. The molecule has 0 aliphatic carbocycles. The largest absolute Gasteiger partial charge is 0.428 e. The van der Waals surface area contributed by atoms with Gasteiger partial charge in [-0.3, -0.25) is 4.79 Å². The smallest absolute Gasteiger partial charge is 0.335 e. The third-order valence-electron chi connectivity index (χ3n) is 2.64. The van der Waals surface area contributed by atoms with Crippen LogP contribution < -0.4 is 11.2 Å². The van der Waals surface area contributed by atoms with Crippen LogP contribution in [0.4, 0.5) is 4.39 Å². The van der Waals surface area contributed by atoms with Crippen LogP contribution in [0.2, 0.25) is 5.22 Å². The van der Waals surface area contributed by atoms with Crippen LogP contribution in [0.15, 0.2) is 44.3 Å². The van der Waals surface area contributed by atoms with Crippen molar-refractivity contribution in [3.8, 4) is 5.88 Å². The number of H-pyrrole nitrogens is 1. The summed E-state index contributed by atoms with van der Waals surface area (Å²) in [6, 6.07) is 6.33. The van der Waals surface area contributed by atoms with Gasteiger partial charge in [-0.15, -0.1) is 0 Å². The van der Waals surface area contributed by atoms with Crippen molar-refractivity contribution in [3.63, 3.8) is 0 Å². The van der Waals surface area contributed by atoms with Crippen LogP contribution in [0.5, 0.6) is 0 Å². The maximum Gasteiger partial charge on any atom is 0.335 e. The summed E-state index contributed by atoms with van der Waals surface area (Å²) >= 11 is 5.61. The number of furan rings is 1. The molecular weight excluding hydrogens is 275 g/mol. The number of benzene rings is 1. The number of nitrogens with one attached hydrogen (secondary N) is 1. The highest BCUT2D eigenvalue weighted by molar-refractivity contribution is 6.28. The highest BCUT2D eigenvalue weighted by Gasteiger charge is 2.12. The van der Waals surface area contributed by atoms with Gasteiger partial charge in [0.15, 0.2) is 5.22 Å². The number of aromatic nitrogens is 2. The van der Waals surface area contributed by atoms with Crippen LogP contribution in [-0.4, -0.2) is 9.55 Å². The van der Waals surface area contributed by atoms with E-state index in [9.17, 15) is 14.0 Å². The molecule has 0 fully saturated rings. The summed E-state index contributed by atoms with van der Waals surface area (Å²) in [5.41, 5.74) is -1.21. The third kappa shape index (κ3) is 1.86. The van der Waals surface area contributed by atoms with Gasteiger partial charge in [0, 0.05) is 6.07 Å². The SMILES string of the molecule is O=c1[nH]c2cc(F)ccc2c(=O)n1-c1ccc(Cl)o1. The van der Waals surface area contributed by atoms with E-state index in [1.165, 1.54) is 18.2 Å². The molecule has 0 aliphatic rings. The first kappa shape index (κ1) is 11.7. The molecule has 0 unspecified atom stereocenters. The van der Waals surface area contributed by atoms with Gasteiger partial charge in [0.25, 0.3) is 5.56 Å². The van der Waals surface area contributed by atoms with Crippen molar-refractivity contribution in [2.75, 3.05) is 0 Å². The molecule has 0 atom stereocenters. The lowest BCUT2D eigenvalue weighted by atomic mass is 10.2. The Balaban J connectivity index is 2.41. The Hall–Kier alpha value is -2.34. The van der Waals surface area contributed by atoms with E-state index in [2.05, 4.69) is 4.98 Å². The average Bonchev–Trinajstić information content (AvgIpc) is 2.75. The van der Waals surface area contributed by atoms with Gasteiger partial charge in [0.2, 0.25) is 5.88 Å². The third-order valence-corrected chi connectivity index (χ3v) is 2.84. The number of nitrogens with zero attached hydrogens (tertiary/aromatic N) is 1. The Kier molecular flexibility index (Phi) is 2.53. The molecule has 1 N–H and O–H groups in total. The molecule has 0 aliphatic heterocycles. The molecule has 0 amide bonds. The zero-order valence-corrected chi connectivity index (χ0v) is 10.1. The van der Waals surface area contributed by atoms with Crippen molar-refractivity contribution in [1.29, 1.82) is 0 Å². The number of hydrogen-bond donors (Lipinski definition) is 1. The molecule has 1 aromatic carbocycles. The highest BCUT2D eigenvalue weighted by Crippen LogP contribution is 2.15. The van der Waals surface area contributed by atoms with E-state index < -0.39 is 17.1 Å². The molecule has 0 saturated heterocycles. The number of halogens is 2. The first-order valence-corrected chi connectivity index (χ1v) is 5.64. The number of rotatable bonds is 1. The van der Waals surface area contributed by atoms with Gasteiger partial charge in [-0.25, -0.2) is 9.18 Å². The Bertz CT molecular complexity index is 894. The van der Waals surface area contributed by atoms with Crippen LogP contribution in [0, 0.1) is 5.82 Å². The molecule has 0 saturated carbocycles. The second-order valence-electron chi connectivity index (χ2n) is 3.84. The lowest BCUT2D eigenvalue weighted by Gasteiger charge is -2.03. The fourth-order valence-electron chi connectivity index (χ4n) is 1.82. The second kappa shape index (κ2) is 4.10.